The molecule has 5 heterocycles. The molecule has 0 radical (unpaired) electrons. The second-order valence-electron chi connectivity index (χ2n) is 6.43. The molecule has 0 saturated carbocycles. The Morgan fingerprint density at radius 2 is 1.70 bits per heavy atom. The highest BCUT2D eigenvalue weighted by Crippen LogP contribution is 2.34. The van der Waals surface area contributed by atoms with E-state index in [1.807, 2.05) is 34.8 Å². The smallest absolute Gasteiger partial charge is 0.156 e. The van der Waals surface area contributed by atoms with Gasteiger partial charge in [-0.15, -0.1) is 11.3 Å². The van der Waals surface area contributed by atoms with Gasteiger partial charge in [-0.25, -0.2) is 9.50 Å². The first-order valence-corrected chi connectivity index (χ1v) is 9.60. The van der Waals surface area contributed by atoms with Gasteiger partial charge in [0.05, 0.1) is 22.0 Å². The molecule has 0 amide bonds. The van der Waals surface area contributed by atoms with E-state index in [4.69, 9.17) is 5.10 Å². The Kier molecular flexibility index (Phi) is 3.65. The number of aryl methyl sites for hydroxylation is 2. The lowest BCUT2D eigenvalue weighted by Gasteiger charge is -2.09. The Balaban J connectivity index is 1.70. The summed E-state index contributed by atoms with van der Waals surface area (Å²) in [5.41, 5.74) is 7.12. The maximum absolute atomic E-state index is 4.87. The number of thiophene rings is 1. The molecule has 0 N–H and O–H groups in total. The van der Waals surface area contributed by atoms with Crippen molar-refractivity contribution < 1.29 is 0 Å². The summed E-state index contributed by atoms with van der Waals surface area (Å²) in [6, 6.07) is 16.3. The summed E-state index contributed by atoms with van der Waals surface area (Å²) in [5.74, 6) is 0. The highest BCUT2D eigenvalue weighted by atomic mass is 32.1. The molecule has 0 aromatic carbocycles. The fourth-order valence-electron chi connectivity index (χ4n) is 3.43. The van der Waals surface area contributed by atoms with Crippen LogP contribution in [0.1, 0.15) is 11.4 Å². The van der Waals surface area contributed by atoms with Crippen molar-refractivity contribution in [1.29, 1.82) is 0 Å². The first kappa shape index (κ1) is 16.0. The van der Waals surface area contributed by atoms with Gasteiger partial charge in [0.15, 0.2) is 5.65 Å². The molecule has 0 atom stereocenters. The zero-order valence-electron chi connectivity index (χ0n) is 15.0. The number of hydrogen-bond donors (Lipinski definition) is 0. The van der Waals surface area contributed by atoms with Gasteiger partial charge in [0.25, 0.3) is 0 Å². The van der Waals surface area contributed by atoms with Crippen LogP contribution in [0.25, 0.3) is 33.3 Å². The average molecular weight is 371 g/mol. The van der Waals surface area contributed by atoms with E-state index in [9.17, 15) is 0 Å². The van der Waals surface area contributed by atoms with Crippen LogP contribution in [0.2, 0.25) is 0 Å². The molecule has 5 aromatic rings. The molecule has 0 aliphatic heterocycles. The first-order chi connectivity index (χ1) is 13.2. The molecular formula is C21H17N5S. The van der Waals surface area contributed by atoms with Gasteiger partial charge in [-0.2, -0.15) is 5.10 Å². The van der Waals surface area contributed by atoms with E-state index >= 15 is 0 Å². The van der Waals surface area contributed by atoms with Crippen LogP contribution in [0, 0.1) is 13.8 Å². The summed E-state index contributed by atoms with van der Waals surface area (Å²) in [6.07, 6.45) is 3.60. The topological polar surface area (TPSA) is 48.0 Å². The predicted molar refractivity (Wildman–Crippen MR) is 108 cm³/mol. The molecule has 27 heavy (non-hydrogen) atoms. The van der Waals surface area contributed by atoms with E-state index < -0.39 is 0 Å². The standard InChI is InChI=1S/C21H17N5S/c1-14-6-7-15(2)25(14)19-9-12-27-21(19)17-13-20-23-11-8-18(26(20)24-17)16-5-3-4-10-22-16/h3-13H,1-2H3. The highest BCUT2D eigenvalue weighted by Gasteiger charge is 2.16. The van der Waals surface area contributed by atoms with Crippen molar-refractivity contribution in [3.8, 4) is 27.6 Å². The van der Waals surface area contributed by atoms with Crippen molar-refractivity contribution in [2.24, 2.45) is 0 Å². The third-order valence-electron chi connectivity index (χ3n) is 4.67. The van der Waals surface area contributed by atoms with Crippen molar-refractivity contribution in [3.63, 3.8) is 0 Å². The normalized spacial score (nSPS) is 11.3. The third kappa shape index (κ3) is 2.57. The van der Waals surface area contributed by atoms with Crippen molar-refractivity contribution >= 4 is 17.0 Å². The summed E-state index contributed by atoms with van der Waals surface area (Å²) in [4.78, 5) is 10.1. The SMILES string of the molecule is Cc1ccc(C)n1-c1ccsc1-c1cc2nccc(-c3ccccn3)n2n1. The molecule has 0 spiro atoms. The van der Waals surface area contributed by atoms with Gasteiger partial charge in [-0.05, 0) is 55.6 Å². The molecular weight excluding hydrogens is 354 g/mol. The van der Waals surface area contributed by atoms with Gasteiger partial charge >= 0.3 is 0 Å². The number of aromatic nitrogens is 5. The lowest BCUT2D eigenvalue weighted by Crippen LogP contribution is -1.99. The number of rotatable bonds is 3. The minimum absolute atomic E-state index is 0.813. The minimum Gasteiger partial charge on any atom is -0.317 e. The Morgan fingerprint density at radius 3 is 2.48 bits per heavy atom. The van der Waals surface area contributed by atoms with Crippen LogP contribution in [-0.2, 0) is 0 Å². The molecule has 0 bridgehead atoms. The molecule has 6 heteroatoms. The lowest BCUT2D eigenvalue weighted by molar-refractivity contribution is 0.941. The van der Waals surface area contributed by atoms with E-state index in [2.05, 4.69) is 52.0 Å². The fraction of sp³-hybridized carbons (Fsp3) is 0.0952. The number of hydrogen-bond acceptors (Lipinski definition) is 4. The zero-order chi connectivity index (χ0) is 18.4. The minimum atomic E-state index is 0.813. The monoisotopic (exact) mass is 371 g/mol. The van der Waals surface area contributed by atoms with Crippen molar-refractivity contribution in [1.82, 2.24) is 24.1 Å². The molecule has 0 saturated heterocycles. The Morgan fingerprint density at radius 1 is 0.852 bits per heavy atom. The van der Waals surface area contributed by atoms with Crippen LogP contribution in [0.3, 0.4) is 0 Å². The second kappa shape index (κ2) is 6.17. The van der Waals surface area contributed by atoms with Gasteiger partial charge in [0.1, 0.15) is 5.69 Å². The fourth-order valence-corrected chi connectivity index (χ4v) is 4.27. The Hall–Kier alpha value is -3.25. The molecule has 5 aromatic heterocycles. The van der Waals surface area contributed by atoms with E-state index in [-0.39, 0.29) is 0 Å². The van der Waals surface area contributed by atoms with Crippen LogP contribution in [0.15, 0.2) is 66.3 Å². The van der Waals surface area contributed by atoms with Crippen LogP contribution in [0.4, 0.5) is 0 Å². The summed E-state index contributed by atoms with van der Waals surface area (Å²) in [6.45, 7) is 4.25. The second-order valence-corrected chi connectivity index (χ2v) is 7.35. The number of nitrogens with zero attached hydrogens (tertiary/aromatic N) is 5. The van der Waals surface area contributed by atoms with Crippen LogP contribution < -0.4 is 0 Å². The molecule has 0 aliphatic carbocycles. The number of fused-ring (bicyclic) bond motifs is 1. The Bertz CT molecular complexity index is 1230. The summed E-state index contributed by atoms with van der Waals surface area (Å²) < 4.78 is 4.14. The summed E-state index contributed by atoms with van der Waals surface area (Å²) in [5, 5.41) is 6.98. The summed E-state index contributed by atoms with van der Waals surface area (Å²) in [7, 11) is 0. The maximum Gasteiger partial charge on any atom is 0.156 e. The lowest BCUT2D eigenvalue weighted by atomic mass is 10.2. The first-order valence-electron chi connectivity index (χ1n) is 8.72. The van der Waals surface area contributed by atoms with Gasteiger partial charge < -0.3 is 4.57 Å². The highest BCUT2D eigenvalue weighted by molar-refractivity contribution is 7.14. The van der Waals surface area contributed by atoms with E-state index in [0.717, 1.165) is 33.3 Å². The molecule has 132 valence electrons. The van der Waals surface area contributed by atoms with Gasteiger partial charge in [-0.1, -0.05) is 6.07 Å². The molecule has 0 aliphatic rings. The predicted octanol–water partition coefficient (Wildman–Crippen LogP) is 4.93. The average Bonchev–Trinajstić information content (AvgIpc) is 3.40. The van der Waals surface area contributed by atoms with E-state index in [0.29, 0.717) is 0 Å². The molecule has 5 nitrogen and oxygen atoms in total. The van der Waals surface area contributed by atoms with Crippen LogP contribution in [-0.4, -0.2) is 24.1 Å². The van der Waals surface area contributed by atoms with Crippen molar-refractivity contribution in [3.05, 3.63) is 77.7 Å². The quantitative estimate of drug-likeness (QED) is 0.452. The summed E-state index contributed by atoms with van der Waals surface area (Å²) >= 11 is 1.70. The van der Waals surface area contributed by atoms with E-state index in [1.165, 1.54) is 11.4 Å². The molecule has 5 rings (SSSR count). The van der Waals surface area contributed by atoms with Gasteiger partial charge in [-0.3, -0.25) is 4.98 Å². The third-order valence-corrected chi connectivity index (χ3v) is 5.60. The van der Waals surface area contributed by atoms with Crippen molar-refractivity contribution in [2.75, 3.05) is 0 Å². The largest absolute Gasteiger partial charge is 0.317 e. The Labute approximate surface area is 160 Å². The maximum atomic E-state index is 4.87. The van der Waals surface area contributed by atoms with Crippen LogP contribution in [0.5, 0.6) is 0 Å². The molecule has 0 unspecified atom stereocenters. The zero-order valence-corrected chi connectivity index (χ0v) is 15.8. The molecule has 0 fully saturated rings. The van der Waals surface area contributed by atoms with Crippen molar-refractivity contribution in [2.45, 2.75) is 13.8 Å². The number of pyridine rings is 1. The van der Waals surface area contributed by atoms with Gasteiger partial charge in [0.2, 0.25) is 0 Å². The van der Waals surface area contributed by atoms with E-state index in [1.54, 1.807) is 23.7 Å². The van der Waals surface area contributed by atoms with Gasteiger partial charge in [0, 0.05) is 29.8 Å². The van der Waals surface area contributed by atoms with Crippen LogP contribution >= 0.6 is 11.3 Å².